The predicted octanol–water partition coefficient (Wildman–Crippen LogP) is 4.67. The first kappa shape index (κ1) is 22.3. The van der Waals surface area contributed by atoms with Gasteiger partial charge in [0.2, 0.25) is 0 Å². The lowest BCUT2D eigenvalue weighted by Crippen LogP contribution is -2.45. The molecule has 1 atom stereocenters. The van der Waals surface area contributed by atoms with Crippen LogP contribution in [0.1, 0.15) is 10.9 Å². The molecule has 172 valence electrons. The molecular formula is C25H21ClN4O3S. The molecule has 1 fully saturated rings. The molecule has 3 aromatic carbocycles. The van der Waals surface area contributed by atoms with Gasteiger partial charge >= 0.3 is 0 Å². The van der Waals surface area contributed by atoms with Crippen molar-refractivity contribution in [1.82, 2.24) is 20.0 Å². The van der Waals surface area contributed by atoms with Crippen LogP contribution in [-0.2, 0) is 16.1 Å². The lowest BCUT2D eigenvalue weighted by Gasteiger charge is -2.25. The summed E-state index contributed by atoms with van der Waals surface area (Å²) >= 11 is 7.52. The number of rotatable bonds is 6. The molecule has 5 rings (SSSR count). The highest BCUT2D eigenvalue weighted by Gasteiger charge is 2.34. The molecule has 1 saturated heterocycles. The maximum absolute atomic E-state index is 13.2. The van der Waals surface area contributed by atoms with Crippen LogP contribution >= 0.6 is 23.4 Å². The van der Waals surface area contributed by atoms with Crippen LogP contribution in [0, 0.1) is 0 Å². The number of hydrogen-bond donors (Lipinski definition) is 1. The zero-order valence-electron chi connectivity index (χ0n) is 18.3. The Balaban J connectivity index is 1.41. The number of imidazole rings is 1. The van der Waals surface area contributed by atoms with Gasteiger partial charge in [-0.3, -0.25) is 15.0 Å². The van der Waals surface area contributed by atoms with Gasteiger partial charge in [0.1, 0.15) is 23.5 Å². The Morgan fingerprint density at radius 1 is 1.12 bits per heavy atom. The van der Waals surface area contributed by atoms with Crippen LogP contribution in [0.25, 0.3) is 22.4 Å². The largest absolute Gasteiger partial charge is 0.497 e. The number of hydrazine groups is 1. The van der Waals surface area contributed by atoms with E-state index in [2.05, 4.69) is 5.43 Å². The minimum absolute atomic E-state index is 0.00223. The Morgan fingerprint density at radius 3 is 2.59 bits per heavy atom. The number of methoxy groups -OCH3 is 1. The summed E-state index contributed by atoms with van der Waals surface area (Å²) in [7, 11) is 1.60. The predicted molar refractivity (Wildman–Crippen MR) is 133 cm³/mol. The summed E-state index contributed by atoms with van der Waals surface area (Å²) in [6.45, 7) is 0.00223. The Hall–Kier alpha value is -3.49. The lowest BCUT2D eigenvalue weighted by molar-refractivity contribution is -0.139. The standard InChI is InChI=1S/C25H21ClN4O3S/c1-33-19-12-8-17(9-13-19)25-30(23(32)15-34-25)28-22(31)14-29-21-5-3-2-4-20(21)27-24(29)16-6-10-18(26)11-7-16/h2-13,25H,14-15H2,1H3,(H,28,31). The molecular weight excluding hydrogens is 472 g/mol. The third-order valence-electron chi connectivity index (χ3n) is 5.57. The first-order chi connectivity index (χ1) is 16.5. The summed E-state index contributed by atoms with van der Waals surface area (Å²) in [5, 5.41) is 1.73. The van der Waals surface area contributed by atoms with E-state index >= 15 is 0 Å². The van der Waals surface area contributed by atoms with Crippen molar-refractivity contribution in [1.29, 1.82) is 0 Å². The number of benzene rings is 3. The second-order valence-corrected chi connectivity index (χ2v) is 9.26. The molecule has 0 radical (unpaired) electrons. The summed E-state index contributed by atoms with van der Waals surface area (Å²) in [5.74, 6) is 1.22. The first-order valence-corrected chi connectivity index (χ1v) is 12.0. The monoisotopic (exact) mass is 492 g/mol. The number of fused-ring (bicyclic) bond motifs is 1. The van der Waals surface area contributed by atoms with Crippen molar-refractivity contribution in [3.8, 4) is 17.1 Å². The van der Waals surface area contributed by atoms with E-state index in [1.165, 1.54) is 16.8 Å². The number of nitrogens with zero attached hydrogens (tertiary/aromatic N) is 3. The van der Waals surface area contributed by atoms with E-state index in [9.17, 15) is 9.59 Å². The van der Waals surface area contributed by atoms with Gasteiger partial charge in [0.05, 0.1) is 23.9 Å². The molecule has 1 aliphatic heterocycles. The number of halogens is 1. The number of hydrogen-bond acceptors (Lipinski definition) is 5. The number of carbonyl (C=O) groups excluding carboxylic acids is 2. The van der Waals surface area contributed by atoms with E-state index < -0.39 is 0 Å². The molecule has 0 saturated carbocycles. The second kappa shape index (κ2) is 9.40. The van der Waals surface area contributed by atoms with Crippen LogP contribution in [0.3, 0.4) is 0 Å². The van der Waals surface area contributed by atoms with E-state index in [0.717, 1.165) is 27.9 Å². The highest BCUT2D eigenvalue weighted by atomic mass is 35.5. The smallest absolute Gasteiger partial charge is 0.258 e. The molecule has 1 aromatic heterocycles. The van der Waals surface area contributed by atoms with Gasteiger partial charge in [-0.05, 0) is 54.1 Å². The van der Waals surface area contributed by atoms with Crippen LogP contribution < -0.4 is 10.2 Å². The molecule has 0 spiro atoms. The fourth-order valence-electron chi connectivity index (χ4n) is 3.93. The number of ether oxygens (including phenoxy) is 1. The van der Waals surface area contributed by atoms with E-state index in [4.69, 9.17) is 21.3 Å². The fraction of sp³-hybridized carbons (Fsp3) is 0.160. The SMILES string of the molecule is COc1ccc(C2SCC(=O)N2NC(=O)Cn2c(-c3ccc(Cl)cc3)nc3ccccc32)cc1. The highest BCUT2D eigenvalue weighted by Crippen LogP contribution is 2.37. The van der Waals surface area contributed by atoms with Crippen molar-refractivity contribution in [3.63, 3.8) is 0 Å². The lowest BCUT2D eigenvalue weighted by atomic mass is 10.2. The summed E-state index contributed by atoms with van der Waals surface area (Å²) in [4.78, 5) is 30.5. The van der Waals surface area contributed by atoms with Crippen molar-refractivity contribution in [2.75, 3.05) is 12.9 Å². The van der Waals surface area contributed by atoms with Crippen LogP contribution in [-0.4, -0.2) is 39.2 Å². The molecule has 1 N–H and O–H groups in total. The number of para-hydroxylation sites is 2. The average Bonchev–Trinajstić information content (AvgIpc) is 3.40. The molecule has 0 bridgehead atoms. The van der Waals surface area contributed by atoms with Gasteiger partial charge in [0.25, 0.3) is 11.8 Å². The van der Waals surface area contributed by atoms with Gasteiger partial charge in [-0.25, -0.2) is 9.99 Å². The third-order valence-corrected chi connectivity index (χ3v) is 7.04. The maximum Gasteiger partial charge on any atom is 0.258 e. The minimum Gasteiger partial charge on any atom is -0.497 e. The third kappa shape index (κ3) is 4.34. The van der Waals surface area contributed by atoms with Gasteiger partial charge in [0, 0.05) is 10.6 Å². The summed E-state index contributed by atoms with van der Waals surface area (Å²) in [6.07, 6.45) is 0. The Kier molecular flexibility index (Phi) is 6.17. The van der Waals surface area contributed by atoms with E-state index in [1.54, 1.807) is 19.2 Å². The second-order valence-electron chi connectivity index (χ2n) is 7.75. The zero-order chi connectivity index (χ0) is 23.7. The quantitative estimate of drug-likeness (QED) is 0.423. The van der Waals surface area contributed by atoms with Crippen molar-refractivity contribution >= 4 is 46.2 Å². The van der Waals surface area contributed by atoms with Crippen molar-refractivity contribution in [2.45, 2.75) is 11.9 Å². The summed E-state index contributed by atoms with van der Waals surface area (Å²) in [5.41, 5.74) is 6.19. The van der Waals surface area contributed by atoms with Crippen LogP contribution in [0.2, 0.25) is 5.02 Å². The maximum atomic E-state index is 13.2. The van der Waals surface area contributed by atoms with E-state index in [0.29, 0.717) is 16.6 Å². The molecule has 4 aromatic rings. The molecule has 2 amide bonds. The van der Waals surface area contributed by atoms with Gasteiger partial charge in [-0.2, -0.15) is 0 Å². The molecule has 1 unspecified atom stereocenters. The van der Waals surface area contributed by atoms with Gasteiger partial charge in [-0.15, -0.1) is 11.8 Å². The number of carbonyl (C=O) groups is 2. The fourth-order valence-corrected chi connectivity index (χ4v) is 5.16. The number of amides is 2. The molecule has 1 aliphatic rings. The molecule has 9 heteroatoms. The Bertz CT molecular complexity index is 1360. The van der Waals surface area contributed by atoms with Crippen LogP contribution in [0.5, 0.6) is 5.75 Å². The number of aromatic nitrogens is 2. The van der Waals surface area contributed by atoms with E-state index in [-0.39, 0.29) is 23.7 Å². The first-order valence-electron chi connectivity index (χ1n) is 10.6. The van der Waals surface area contributed by atoms with Crippen molar-refractivity contribution < 1.29 is 14.3 Å². The van der Waals surface area contributed by atoms with Crippen LogP contribution in [0.4, 0.5) is 0 Å². The summed E-state index contributed by atoms with van der Waals surface area (Å²) < 4.78 is 7.07. The van der Waals surface area contributed by atoms with E-state index in [1.807, 2.05) is 65.2 Å². The Labute approximate surface area is 205 Å². The minimum atomic E-state index is -0.312. The molecule has 7 nitrogen and oxygen atoms in total. The topological polar surface area (TPSA) is 76.5 Å². The molecule has 34 heavy (non-hydrogen) atoms. The van der Waals surface area contributed by atoms with Gasteiger partial charge in [0.15, 0.2) is 0 Å². The normalized spacial score (nSPS) is 15.6. The van der Waals surface area contributed by atoms with Gasteiger partial charge < -0.3 is 9.30 Å². The van der Waals surface area contributed by atoms with Crippen molar-refractivity contribution in [3.05, 3.63) is 83.4 Å². The molecule has 0 aliphatic carbocycles. The van der Waals surface area contributed by atoms with Crippen LogP contribution in [0.15, 0.2) is 72.8 Å². The Morgan fingerprint density at radius 2 is 1.85 bits per heavy atom. The van der Waals surface area contributed by atoms with Crippen molar-refractivity contribution in [2.24, 2.45) is 0 Å². The number of thioether (sulfide) groups is 1. The highest BCUT2D eigenvalue weighted by molar-refractivity contribution is 8.00. The van der Waals surface area contributed by atoms with Gasteiger partial charge in [-0.1, -0.05) is 35.9 Å². The average molecular weight is 493 g/mol. The molecule has 2 heterocycles. The number of nitrogens with one attached hydrogen (secondary N) is 1. The summed E-state index contributed by atoms with van der Waals surface area (Å²) in [6, 6.07) is 22.5. The zero-order valence-corrected chi connectivity index (χ0v) is 19.8.